The molecule has 2 aromatic rings. The van der Waals surface area contributed by atoms with E-state index in [-0.39, 0.29) is 17.9 Å². The lowest BCUT2D eigenvalue weighted by Gasteiger charge is -2.29. The van der Waals surface area contributed by atoms with Gasteiger partial charge in [0.1, 0.15) is 6.04 Å². The Balaban J connectivity index is 1.40. The van der Waals surface area contributed by atoms with Crippen molar-refractivity contribution in [3.8, 4) is 0 Å². The Morgan fingerprint density at radius 3 is 2.48 bits per heavy atom. The van der Waals surface area contributed by atoms with Crippen LogP contribution >= 0.6 is 0 Å². The first kappa shape index (κ1) is 19.5. The number of likely N-dealkylation sites (tertiary alicyclic amines) is 1. The van der Waals surface area contributed by atoms with E-state index in [1.165, 1.54) is 19.3 Å². The Morgan fingerprint density at radius 1 is 0.897 bits per heavy atom. The van der Waals surface area contributed by atoms with Gasteiger partial charge in [-0.05, 0) is 55.9 Å². The molecule has 0 spiro atoms. The number of hydrogen-bond acceptors (Lipinski definition) is 3. The Hall–Kier alpha value is -2.82. The Bertz CT molecular complexity index is 846. The maximum atomic E-state index is 13.0. The fraction of sp³-hybridized carbons (Fsp3) is 0.417. The van der Waals surface area contributed by atoms with E-state index in [1.54, 1.807) is 4.90 Å². The maximum Gasteiger partial charge on any atom is 0.247 e. The summed E-state index contributed by atoms with van der Waals surface area (Å²) in [7, 11) is 0. The second-order valence-corrected chi connectivity index (χ2v) is 7.99. The standard InChI is InChI=1S/C24H29N3O2/c28-23(17-19-9-3-1-4-10-19)27-16-8-13-22(27)24(29)25-20-11-7-12-21(18-20)26-14-5-2-6-15-26/h1,3-4,7,9-12,18,22H,2,5-6,8,13-17H2,(H,25,29). The summed E-state index contributed by atoms with van der Waals surface area (Å²) >= 11 is 0. The molecular weight excluding hydrogens is 362 g/mol. The molecule has 0 aromatic heterocycles. The van der Waals surface area contributed by atoms with Gasteiger partial charge >= 0.3 is 0 Å². The molecule has 0 bridgehead atoms. The summed E-state index contributed by atoms with van der Waals surface area (Å²) in [5.41, 5.74) is 2.95. The number of piperidine rings is 1. The van der Waals surface area contributed by atoms with Crippen molar-refractivity contribution in [1.29, 1.82) is 0 Å². The van der Waals surface area contributed by atoms with E-state index in [9.17, 15) is 9.59 Å². The van der Waals surface area contributed by atoms with Gasteiger partial charge < -0.3 is 15.1 Å². The summed E-state index contributed by atoms with van der Waals surface area (Å²) in [4.78, 5) is 29.9. The first-order valence-corrected chi connectivity index (χ1v) is 10.7. The van der Waals surface area contributed by atoms with Gasteiger partial charge in [-0.3, -0.25) is 9.59 Å². The van der Waals surface area contributed by atoms with Crippen LogP contribution < -0.4 is 10.2 Å². The molecular formula is C24H29N3O2. The maximum absolute atomic E-state index is 13.0. The number of nitrogens with zero attached hydrogens (tertiary/aromatic N) is 2. The average molecular weight is 392 g/mol. The molecule has 0 aliphatic carbocycles. The van der Waals surface area contributed by atoms with E-state index in [0.717, 1.165) is 42.9 Å². The van der Waals surface area contributed by atoms with E-state index < -0.39 is 0 Å². The molecule has 1 unspecified atom stereocenters. The van der Waals surface area contributed by atoms with Crippen molar-refractivity contribution in [2.45, 2.75) is 44.6 Å². The summed E-state index contributed by atoms with van der Waals surface area (Å²) in [5.74, 6) is -0.0596. The largest absolute Gasteiger partial charge is 0.371 e. The Labute approximate surface area is 172 Å². The van der Waals surface area contributed by atoms with E-state index in [0.29, 0.717) is 13.0 Å². The zero-order valence-electron chi connectivity index (χ0n) is 16.8. The van der Waals surface area contributed by atoms with Crippen LogP contribution in [-0.4, -0.2) is 42.4 Å². The van der Waals surface area contributed by atoms with Crippen molar-refractivity contribution in [2.75, 3.05) is 29.9 Å². The number of hydrogen-bond donors (Lipinski definition) is 1. The van der Waals surface area contributed by atoms with Crippen LogP contribution in [0.4, 0.5) is 11.4 Å². The highest BCUT2D eigenvalue weighted by Crippen LogP contribution is 2.25. The zero-order valence-corrected chi connectivity index (χ0v) is 16.8. The van der Waals surface area contributed by atoms with Gasteiger partial charge in [-0.25, -0.2) is 0 Å². The second kappa shape index (κ2) is 9.12. The quantitative estimate of drug-likeness (QED) is 0.842. The minimum atomic E-state index is -0.384. The number of carbonyl (C=O) groups excluding carboxylic acids is 2. The lowest BCUT2D eigenvalue weighted by Crippen LogP contribution is -2.43. The number of nitrogens with one attached hydrogen (secondary N) is 1. The number of rotatable bonds is 5. The molecule has 2 saturated heterocycles. The van der Waals surface area contributed by atoms with Crippen molar-refractivity contribution in [3.05, 3.63) is 60.2 Å². The minimum Gasteiger partial charge on any atom is -0.371 e. The van der Waals surface area contributed by atoms with Gasteiger partial charge in [0.05, 0.1) is 6.42 Å². The van der Waals surface area contributed by atoms with Crippen LogP contribution in [0, 0.1) is 0 Å². The lowest BCUT2D eigenvalue weighted by atomic mass is 10.1. The van der Waals surface area contributed by atoms with E-state index in [2.05, 4.69) is 16.3 Å². The monoisotopic (exact) mass is 391 g/mol. The molecule has 4 rings (SSSR count). The molecule has 152 valence electrons. The molecule has 0 saturated carbocycles. The minimum absolute atomic E-state index is 0.0240. The number of benzene rings is 2. The van der Waals surface area contributed by atoms with Crippen molar-refractivity contribution < 1.29 is 9.59 Å². The second-order valence-electron chi connectivity index (χ2n) is 7.99. The van der Waals surface area contributed by atoms with Crippen LogP contribution in [0.1, 0.15) is 37.7 Å². The third-order valence-corrected chi connectivity index (χ3v) is 5.91. The SMILES string of the molecule is O=C(Nc1cccc(N2CCCCC2)c1)C1CCCN1C(=O)Cc1ccccc1. The van der Waals surface area contributed by atoms with Gasteiger partial charge in [0, 0.05) is 31.0 Å². The summed E-state index contributed by atoms with van der Waals surface area (Å²) in [6, 6.07) is 17.4. The normalized spacial score (nSPS) is 19.2. The van der Waals surface area contributed by atoms with Crippen molar-refractivity contribution >= 4 is 23.2 Å². The van der Waals surface area contributed by atoms with Crippen LogP contribution in [0.2, 0.25) is 0 Å². The lowest BCUT2D eigenvalue weighted by molar-refractivity contribution is -0.136. The number of amides is 2. The van der Waals surface area contributed by atoms with Crippen molar-refractivity contribution in [3.63, 3.8) is 0 Å². The summed E-state index contributed by atoms with van der Waals surface area (Å²) in [5, 5.41) is 3.05. The summed E-state index contributed by atoms with van der Waals surface area (Å²) < 4.78 is 0. The molecule has 5 heteroatoms. The van der Waals surface area contributed by atoms with E-state index in [4.69, 9.17) is 0 Å². The van der Waals surface area contributed by atoms with Crippen LogP contribution in [0.15, 0.2) is 54.6 Å². The highest BCUT2D eigenvalue weighted by Gasteiger charge is 2.34. The molecule has 2 amide bonds. The molecule has 1 atom stereocenters. The van der Waals surface area contributed by atoms with E-state index in [1.807, 2.05) is 48.5 Å². The first-order chi connectivity index (χ1) is 14.2. The van der Waals surface area contributed by atoms with Gasteiger partial charge in [0.15, 0.2) is 0 Å². The Morgan fingerprint density at radius 2 is 1.69 bits per heavy atom. The van der Waals surface area contributed by atoms with Gasteiger partial charge in [-0.1, -0.05) is 36.4 Å². The fourth-order valence-corrected chi connectivity index (χ4v) is 4.37. The van der Waals surface area contributed by atoms with Gasteiger partial charge in [-0.15, -0.1) is 0 Å². The highest BCUT2D eigenvalue weighted by molar-refractivity contribution is 5.98. The van der Waals surface area contributed by atoms with E-state index >= 15 is 0 Å². The number of carbonyl (C=O) groups is 2. The molecule has 5 nitrogen and oxygen atoms in total. The smallest absolute Gasteiger partial charge is 0.247 e. The Kier molecular flexibility index (Phi) is 6.13. The molecule has 2 aromatic carbocycles. The zero-order chi connectivity index (χ0) is 20.1. The van der Waals surface area contributed by atoms with Crippen molar-refractivity contribution in [1.82, 2.24) is 4.90 Å². The third-order valence-electron chi connectivity index (χ3n) is 5.91. The molecule has 0 radical (unpaired) electrons. The summed E-state index contributed by atoms with van der Waals surface area (Å²) in [6.07, 6.45) is 5.66. The average Bonchev–Trinajstić information content (AvgIpc) is 3.26. The van der Waals surface area contributed by atoms with Crippen LogP contribution in [0.5, 0.6) is 0 Å². The predicted octanol–water partition coefficient (Wildman–Crippen LogP) is 3.85. The molecule has 29 heavy (non-hydrogen) atoms. The third kappa shape index (κ3) is 4.78. The fourth-order valence-electron chi connectivity index (χ4n) is 4.37. The molecule has 2 fully saturated rings. The molecule has 1 N–H and O–H groups in total. The predicted molar refractivity (Wildman–Crippen MR) is 116 cm³/mol. The van der Waals surface area contributed by atoms with Crippen LogP contribution in [0.25, 0.3) is 0 Å². The first-order valence-electron chi connectivity index (χ1n) is 10.7. The highest BCUT2D eigenvalue weighted by atomic mass is 16.2. The van der Waals surface area contributed by atoms with Crippen molar-refractivity contribution in [2.24, 2.45) is 0 Å². The van der Waals surface area contributed by atoms with Gasteiger partial charge in [0.2, 0.25) is 11.8 Å². The summed E-state index contributed by atoms with van der Waals surface area (Å²) in [6.45, 7) is 2.79. The molecule has 2 aliphatic heterocycles. The van der Waals surface area contributed by atoms with Crippen LogP contribution in [0.3, 0.4) is 0 Å². The van der Waals surface area contributed by atoms with Gasteiger partial charge in [0.25, 0.3) is 0 Å². The molecule has 2 heterocycles. The number of anilines is 2. The topological polar surface area (TPSA) is 52.7 Å². The molecule has 2 aliphatic rings. The van der Waals surface area contributed by atoms with Gasteiger partial charge in [-0.2, -0.15) is 0 Å². The van der Waals surface area contributed by atoms with Crippen LogP contribution in [-0.2, 0) is 16.0 Å².